The average molecular weight is 506 g/mol. The molecule has 5 rings (SSSR count). The number of rotatable bonds is 6. The lowest BCUT2D eigenvalue weighted by Crippen LogP contribution is -2.37. The largest absolute Gasteiger partial charge is 0.460 e. The highest BCUT2D eigenvalue weighted by Gasteiger charge is 2.54. The number of para-hydroxylation sites is 1. The highest BCUT2D eigenvalue weighted by molar-refractivity contribution is 6.62. The van der Waals surface area contributed by atoms with E-state index < -0.39 is 35.5 Å². The highest BCUT2D eigenvalue weighted by Crippen LogP contribution is 2.50. The number of ketones is 1. The molecule has 1 heterocycles. The predicted molar refractivity (Wildman–Crippen MR) is 144 cm³/mol. The molecule has 0 spiro atoms. The van der Waals surface area contributed by atoms with Crippen LogP contribution in [-0.4, -0.2) is 29.4 Å². The minimum Gasteiger partial charge on any atom is -0.460 e. The number of nitrogens with zero attached hydrogens (tertiary/aromatic N) is 3. The van der Waals surface area contributed by atoms with Crippen LogP contribution >= 0.6 is 0 Å². The molecule has 4 aromatic carbocycles. The van der Waals surface area contributed by atoms with Crippen molar-refractivity contribution in [2.24, 2.45) is 5.92 Å². The van der Waals surface area contributed by atoms with Crippen LogP contribution in [0.1, 0.15) is 34.4 Å². The lowest BCUT2D eigenvalue weighted by molar-refractivity contribution is -0.140. The van der Waals surface area contributed by atoms with Gasteiger partial charge in [-0.25, -0.2) is 9.86 Å². The standard InChI is InChI=1S/C31H27N3O4/c1-19-16-20(2)18-22(17-19)30-26(29(35)27(33-32)31(36)37-3)28(34(38-30)23-12-5-4-6-13-23)25-15-9-11-21-10-7-8-14-24(21)25/h4-18,26,28,30H,1-3H3/t26-,28+,30-/m1/s1. The number of hydrogen-bond acceptors (Lipinski definition) is 5. The summed E-state index contributed by atoms with van der Waals surface area (Å²) in [6, 6.07) is 28.7. The Morgan fingerprint density at radius 3 is 2.24 bits per heavy atom. The molecule has 0 radical (unpaired) electrons. The summed E-state index contributed by atoms with van der Waals surface area (Å²) in [6.45, 7) is 3.96. The lowest BCUT2D eigenvalue weighted by atomic mass is 9.80. The van der Waals surface area contributed by atoms with Crippen molar-refractivity contribution in [3.05, 3.63) is 119 Å². The number of hydrogen-bond donors (Lipinski definition) is 0. The Morgan fingerprint density at radius 2 is 1.55 bits per heavy atom. The van der Waals surface area contributed by atoms with Crippen molar-refractivity contribution in [3.63, 3.8) is 0 Å². The zero-order valence-corrected chi connectivity index (χ0v) is 21.4. The number of hydroxylamine groups is 1. The van der Waals surface area contributed by atoms with Gasteiger partial charge < -0.3 is 10.3 Å². The molecule has 0 N–H and O–H groups in total. The van der Waals surface area contributed by atoms with Crippen LogP contribution in [0.3, 0.4) is 0 Å². The molecule has 3 atom stereocenters. The van der Waals surface area contributed by atoms with E-state index in [0.29, 0.717) is 0 Å². The molecule has 7 nitrogen and oxygen atoms in total. The van der Waals surface area contributed by atoms with E-state index in [1.165, 1.54) is 0 Å². The Bertz CT molecular complexity index is 1550. The van der Waals surface area contributed by atoms with Gasteiger partial charge in [-0.15, -0.1) is 0 Å². The molecule has 38 heavy (non-hydrogen) atoms. The number of carbonyl (C=O) groups is 2. The van der Waals surface area contributed by atoms with E-state index >= 15 is 0 Å². The molecule has 1 aliphatic rings. The van der Waals surface area contributed by atoms with Crippen molar-refractivity contribution >= 4 is 33.9 Å². The first-order valence-electron chi connectivity index (χ1n) is 12.3. The van der Waals surface area contributed by atoms with Crippen LogP contribution < -0.4 is 5.06 Å². The Labute approximate surface area is 220 Å². The number of methoxy groups -OCH3 is 1. The SMILES string of the molecule is COC(=O)C(=[N+]=[N-])C(=O)[C@@H]1[C@@H](c2cc(C)cc(C)c2)ON(c2ccccc2)[C@H]1c1cccc2ccccc12. The molecule has 1 fully saturated rings. The van der Waals surface area contributed by atoms with Crippen molar-refractivity contribution in [1.82, 2.24) is 0 Å². The maximum absolute atomic E-state index is 14.1. The molecule has 0 aliphatic carbocycles. The molecule has 1 saturated heterocycles. The minimum absolute atomic E-state index is 0.650. The van der Waals surface area contributed by atoms with E-state index in [9.17, 15) is 15.1 Å². The topological polar surface area (TPSA) is 92.2 Å². The average Bonchev–Trinajstić information content (AvgIpc) is 3.33. The molecular formula is C31H27N3O4. The molecule has 0 saturated carbocycles. The van der Waals surface area contributed by atoms with Crippen molar-refractivity contribution in [2.75, 3.05) is 12.2 Å². The van der Waals surface area contributed by atoms with E-state index in [1.807, 2.05) is 105 Å². The summed E-state index contributed by atoms with van der Waals surface area (Å²) in [5.74, 6) is -2.61. The Kier molecular flexibility index (Phi) is 6.88. The van der Waals surface area contributed by atoms with Crippen LogP contribution in [0.25, 0.3) is 16.3 Å². The summed E-state index contributed by atoms with van der Waals surface area (Å²) in [5.41, 5.74) is 13.5. The number of carbonyl (C=O) groups excluding carboxylic acids is 2. The van der Waals surface area contributed by atoms with Crippen molar-refractivity contribution in [2.45, 2.75) is 26.0 Å². The maximum atomic E-state index is 14.1. The van der Waals surface area contributed by atoms with E-state index in [-0.39, 0.29) is 0 Å². The van der Waals surface area contributed by atoms with Gasteiger partial charge in [0.05, 0.1) is 24.8 Å². The van der Waals surface area contributed by atoms with Gasteiger partial charge in [0.1, 0.15) is 6.10 Å². The minimum atomic E-state index is -1.01. The smallest absolute Gasteiger partial charge is 0.441 e. The molecule has 7 heteroatoms. The normalized spacial score (nSPS) is 18.7. The van der Waals surface area contributed by atoms with E-state index in [0.717, 1.165) is 45.8 Å². The van der Waals surface area contributed by atoms with Gasteiger partial charge >= 0.3 is 11.7 Å². The van der Waals surface area contributed by atoms with Crippen LogP contribution in [0.2, 0.25) is 0 Å². The lowest BCUT2D eigenvalue weighted by Gasteiger charge is -2.27. The van der Waals surface area contributed by atoms with Gasteiger partial charge in [-0.3, -0.25) is 9.63 Å². The number of benzene rings is 4. The van der Waals surface area contributed by atoms with Crippen LogP contribution in [0.15, 0.2) is 91.0 Å². The number of fused-ring (bicyclic) bond motifs is 1. The highest BCUT2D eigenvalue weighted by atomic mass is 16.7. The monoisotopic (exact) mass is 505 g/mol. The number of ether oxygens (including phenoxy) is 1. The molecular weight excluding hydrogens is 478 g/mol. The summed E-state index contributed by atoms with van der Waals surface area (Å²) in [4.78, 5) is 36.3. The third-order valence-corrected chi connectivity index (χ3v) is 6.89. The number of aryl methyl sites for hydroxylation is 2. The third-order valence-electron chi connectivity index (χ3n) is 6.89. The van der Waals surface area contributed by atoms with Crippen molar-refractivity contribution in [1.29, 1.82) is 0 Å². The van der Waals surface area contributed by atoms with Crippen molar-refractivity contribution in [3.8, 4) is 0 Å². The molecule has 0 unspecified atom stereocenters. The summed E-state index contributed by atoms with van der Waals surface area (Å²) in [7, 11) is 1.14. The summed E-state index contributed by atoms with van der Waals surface area (Å²) in [5, 5.41) is 3.69. The molecule has 0 bridgehead atoms. The number of Topliss-reactive ketones (excluding diaryl/α,β-unsaturated/α-hetero) is 1. The summed E-state index contributed by atoms with van der Waals surface area (Å²) >= 11 is 0. The van der Waals surface area contributed by atoms with Gasteiger partial charge in [-0.1, -0.05) is 90.0 Å². The molecule has 190 valence electrons. The van der Waals surface area contributed by atoms with E-state index in [1.54, 1.807) is 5.06 Å². The Hall–Kier alpha value is -4.58. The molecule has 0 amide bonds. The van der Waals surface area contributed by atoms with Crippen LogP contribution in [-0.2, 0) is 19.2 Å². The molecule has 0 aromatic heterocycles. The van der Waals surface area contributed by atoms with E-state index in [2.05, 4.69) is 4.79 Å². The Balaban J connectivity index is 1.78. The van der Waals surface area contributed by atoms with Crippen LogP contribution in [0.4, 0.5) is 5.69 Å². The first-order valence-corrected chi connectivity index (χ1v) is 12.3. The second-order valence-electron chi connectivity index (χ2n) is 9.45. The number of esters is 1. The van der Waals surface area contributed by atoms with Gasteiger partial charge in [0, 0.05) is 0 Å². The predicted octanol–water partition coefficient (Wildman–Crippen LogP) is 5.72. The summed E-state index contributed by atoms with van der Waals surface area (Å²) < 4.78 is 4.78. The maximum Gasteiger partial charge on any atom is 0.441 e. The third kappa shape index (κ3) is 4.50. The van der Waals surface area contributed by atoms with Gasteiger partial charge in [0.15, 0.2) is 0 Å². The van der Waals surface area contributed by atoms with Crippen LogP contribution in [0.5, 0.6) is 0 Å². The fourth-order valence-electron chi connectivity index (χ4n) is 5.36. The van der Waals surface area contributed by atoms with Crippen LogP contribution in [0, 0.1) is 19.8 Å². The second-order valence-corrected chi connectivity index (χ2v) is 9.45. The molecule has 4 aromatic rings. The fourth-order valence-corrected chi connectivity index (χ4v) is 5.36. The Morgan fingerprint density at radius 1 is 0.895 bits per heavy atom. The van der Waals surface area contributed by atoms with Gasteiger partial charge in [0.25, 0.3) is 5.78 Å². The van der Waals surface area contributed by atoms with Gasteiger partial charge in [-0.05, 0) is 47.9 Å². The first kappa shape index (κ1) is 25.1. The second kappa shape index (κ2) is 10.4. The molecule has 1 aliphatic heterocycles. The number of anilines is 1. The first-order chi connectivity index (χ1) is 18.4. The summed E-state index contributed by atoms with van der Waals surface area (Å²) in [6.07, 6.45) is -0.772. The fraction of sp³-hybridized carbons (Fsp3) is 0.194. The zero-order valence-electron chi connectivity index (χ0n) is 21.4. The zero-order chi connectivity index (χ0) is 26.8. The van der Waals surface area contributed by atoms with Gasteiger partial charge in [-0.2, -0.15) is 4.79 Å². The van der Waals surface area contributed by atoms with Crippen molar-refractivity contribution < 1.29 is 24.0 Å². The van der Waals surface area contributed by atoms with E-state index in [4.69, 9.17) is 9.57 Å². The van der Waals surface area contributed by atoms with Gasteiger partial charge in [0.2, 0.25) is 0 Å². The quantitative estimate of drug-likeness (QED) is 0.110.